The van der Waals surface area contributed by atoms with Crippen LogP contribution in [0.1, 0.15) is 57.9 Å². The van der Waals surface area contributed by atoms with Gasteiger partial charge in [0.05, 0.1) is 6.10 Å². The second kappa shape index (κ2) is 15.0. The Hall–Kier alpha value is -3.38. The van der Waals surface area contributed by atoms with E-state index in [1.54, 1.807) is 36.7 Å². The molecule has 3 aromatic rings. The summed E-state index contributed by atoms with van der Waals surface area (Å²) in [6, 6.07) is 9.97. The van der Waals surface area contributed by atoms with Gasteiger partial charge in [0.25, 0.3) is 0 Å². The van der Waals surface area contributed by atoms with Crippen molar-refractivity contribution in [1.82, 2.24) is 9.97 Å². The first kappa shape index (κ1) is 28.2. The van der Waals surface area contributed by atoms with Crippen LogP contribution in [0.5, 0.6) is 5.75 Å². The van der Waals surface area contributed by atoms with E-state index in [0.717, 1.165) is 43.4 Å². The zero-order valence-electron chi connectivity index (χ0n) is 21.8. The molecular formula is C31H36F2N2O2. The Balaban J connectivity index is 1.52. The first-order valence-corrected chi connectivity index (χ1v) is 13.0. The molecule has 0 aliphatic rings. The Morgan fingerprint density at radius 1 is 0.946 bits per heavy atom. The molecule has 0 amide bonds. The first-order chi connectivity index (χ1) is 18.0. The number of rotatable bonds is 15. The lowest BCUT2D eigenvalue weighted by Crippen LogP contribution is -2.08. The van der Waals surface area contributed by atoms with Crippen molar-refractivity contribution >= 4 is 6.08 Å². The van der Waals surface area contributed by atoms with Gasteiger partial charge in [0, 0.05) is 35.7 Å². The van der Waals surface area contributed by atoms with Crippen LogP contribution in [0.3, 0.4) is 0 Å². The molecular weight excluding hydrogens is 470 g/mol. The largest absolute Gasteiger partial charge is 0.486 e. The van der Waals surface area contributed by atoms with E-state index in [2.05, 4.69) is 36.5 Å². The number of hydrogen-bond acceptors (Lipinski definition) is 4. The topological polar surface area (TPSA) is 44.2 Å². The maximum absolute atomic E-state index is 14.6. The van der Waals surface area contributed by atoms with Crippen LogP contribution in [-0.4, -0.2) is 29.3 Å². The molecule has 0 radical (unpaired) electrons. The summed E-state index contributed by atoms with van der Waals surface area (Å²) in [4.78, 5) is 8.92. The predicted octanol–water partition coefficient (Wildman–Crippen LogP) is 8.43. The van der Waals surface area contributed by atoms with E-state index in [-0.39, 0.29) is 17.9 Å². The van der Waals surface area contributed by atoms with E-state index >= 15 is 0 Å². The van der Waals surface area contributed by atoms with E-state index in [4.69, 9.17) is 9.47 Å². The van der Waals surface area contributed by atoms with Crippen LogP contribution in [0.15, 0.2) is 67.5 Å². The molecule has 0 aliphatic heterocycles. The maximum atomic E-state index is 14.6. The predicted molar refractivity (Wildman–Crippen MR) is 146 cm³/mol. The summed E-state index contributed by atoms with van der Waals surface area (Å²) in [7, 11) is 0. The molecule has 4 nitrogen and oxygen atoms in total. The van der Waals surface area contributed by atoms with Gasteiger partial charge in [0.2, 0.25) is 5.82 Å². The number of benzene rings is 2. The fourth-order valence-corrected chi connectivity index (χ4v) is 3.85. The Morgan fingerprint density at radius 3 is 2.38 bits per heavy atom. The number of aromatic nitrogens is 2. The smallest absolute Gasteiger partial charge is 0.201 e. The molecule has 196 valence electrons. The van der Waals surface area contributed by atoms with Crippen molar-refractivity contribution in [2.24, 2.45) is 0 Å². The van der Waals surface area contributed by atoms with Gasteiger partial charge in [-0.05, 0) is 50.3 Å². The van der Waals surface area contributed by atoms with Crippen LogP contribution in [0.4, 0.5) is 8.78 Å². The minimum Gasteiger partial charge on any atom is -0.486 e. The highest BCUT2D eigenvalue weighted by Crippen LogP contribution is 2.31. The van der Waals surface area contributed by atoms with Crippen LogP contribution in [-0.2, 0) is 4.74 Å². The van der Waals surface area contributed by atoms with E-state index in [9.17, 15) is 8.78 Å². The molecule has 0 fully saturated rings. The van der Waals surface area contributed by atoms with Crippen molar-refractivity contribution in [2.45, 2.75) is 58.5 Å². The third-order valence-electron chi connectivity index (χ3n) is 5.97. The van der Waals surface area contributed by atoms with Crippen molar-refractivity contribution in [1.29, 1.82) is 0 Å². The molecule has 0 aliphatic carbocycles. The van der Waals surface area contributed by atoms with Gasteiger partial charge in [-0.1, -0.05) is 68.8 Å². The van der Waals surface area contributed by atoms with Gasteiger partial charge in [-0.15, -0.1) is 0 Å². The summed E-state index contributed by atoms with van der Waals surface area (Å²) in [6.07, 6.45) is 16.2. The second-order valence-corrected chi connectivity index (χ2v) is 8.98. The molecule has 1 atom stereocenters. The zero-order chi connectivity index (χ0) is 26.5. The number of ether oxygens (including phenoxy) is 2. The summed E-state index contributed by atoms with van der Waals surface area (Å²) < 4.78 is 39.9. The molecule has 0 bridgehead atoms. The van der Waals surface area contributed by atoms with Gasteiger partial charge in [0.1, 0.15) is 6.61 Å². The van der Waals surface area contributed by atoms with Gasteiger partial charge in [0.15, 0.2) is 17.4 Å². The van der Waals surface area contributed by atoms with Crippen LogP contribution >= 0.6 is 0 Å². The normalized spacial score (nSPS) is 12.1. The van der Waals surface area contributed by atoms with Crippen molar-refractivity contribution in [3.63, 3.8) is 0 Å². The molecule has 2 aromatic carbocycles. The number of hydrogen-bond donors (Lipinski definition) is 0. The van der Waals surface area contributed by atoms with E-state index < -0.39 is 11.6 Å². The quantitative estimate of drug-likeness (QED) is 0.153. The van der Waals surface area contributed by atoms with Crippen molar-refractivity contribution in [2.75, 3.05) is 13.2 Å². The van der Waals surface area contributed by atoms with Crippen LogP contribution in [0.2, 0.25) is 0 Å². The molecule has 1 aromatic heterocycles. The third-order valence-corrected chi connectivity index (χ3v) is 5.97. The summed E-state index contributed by atoms with van der Waals surface area (Å²) in [6.45, 7) is 8.80. The summed E-state index contributed by atoms with van der Waals surface area (Å²) >= 11 is 0. The molecule has 6 heteroatoms. The van der Waals surface area contributed by atoms with Crippen molar-refractivity contribution < 1.29 is 18.3 Å². The lowest BCUT2D eigenvalue weighted by atomic mass is 10.0. The number of halogens is 2. The van der Waals surface area contributed by atoms with Gasteiger partial charge in [-0.2, -0.15) is 4.39 Å². The minimum atomic E-state index is -1.01. The fourth-order valence-electron chi connectivity index (χ4n) is 3.85. The molecule has 3 rings (SSSR count). The Morgan fingerprint density at radius 2 is 1.68 bits per heavy atom. The number of nitrogens with zero attached hydrogens (tertiary/aromatic N) is 2. The third kappa shape index (κ3) is 8.60. The molecule has 1 heterocycles. The highest BCUT2D eigenvalue weighted by Gasteiger charge is 2.16. The fraction of sp³-hybridized carbons (Fsp3) is 0.355. The average Bonchev–Trinajstić information content (AvgIpc) is 2.92. The van der Waals surface area contributed by atoms with Gasteiger partial charge >= 0.3 is 0 Å². The SMILES string of the molecule is C=CCOc1ccc(-c2ccc(-c3ncc(/C=C/CCCC(C)OCCCCC)cn3)cc2)c(F)c1F. The summed E-state index contributed by atoms with van der Waals surface area (Å²) in [5, 5.41) is 0. The Kier molecular flexibility index (Phi) is 11.4. The van der Waals surface area contributed by atoms with Gasteiger partial charge < -0.3 is 9.47 Å². The van der Waals surface area contributed by atoms with Crippen molar-refractivity contribution in [3.05, 3.63) is 84.7 Å². The van der Waals surface area contributed by atoms with Gasteiger partial charge in [-0.3, -0.25) is 0 Å². The minimum absolute atomic E-state index is 0.104. The molecule has 0 saturated heterocycles. The van der Waals surface area contributed by atoms with Crippen molar-refractivity contribution in [3.8, 4) is 28.3 Å². The van der Waals surface area contributed by atoms with Crippen LogP contribution in [0, 0.1) is 11.6 Å². The molecule has 0 saturated carbocycles. The maximum Gasteiger partial charge on any atom is 0.201 e. The van der Waals surface area contributed by atoms with Gasteiger partial charge in [-0.25, -0.2) is 14.4 Å². The van der Waals surface area contributed by atoms with Crippen LogP contribution in [0.25, 0.3) is 28.6 Å². The summed E-state index contributed by atoms with van der Waals surface area (Å²) in [5.41, 5.74) is 2.43. The highest BCUT2D eigenvalue weighted by atomic mass is 19.2. The lowest BCUT2D eigenvalue weighted by molar-refractivity contribution is 0.0566. The molecule has 0 N–H and O–H groups in total. The number of unbranched alkanes of at least 4 members (excludes halogenated alkanes) is 3. The Labute approximate surface area is 219 Å². The molecule has 37 heavy (non-hydrogen) atoms. The zero-order valence-corrected chi connectivity index (χ0v) is 21.8. The summed E-state index contributed by atoms with van der Waals surface area (Å²) in [5.74, 6) is -1.53. The van der Waals surface area contributed by atoms with E-state index in [1.807, 2.05) is 6.08 Å². The first-order valence-electron chi connectivity index (χ1n) is 13.0. The monoisotopic (exact) mass is 506 g/mol. The van der Waals surface area contributed by atoms with E-state index in [0.29, 0.717) is 17.5 Å². The second-order valence-electron chi connectivity index (χ2n) is 8.98. The average molecular weight is 507 g/mol. The Bertz CT molecular complexity index is 1150. The lowest BCUT2D eigenvalue weighted by Gasteiger charge is -2.11. The standard InChI is InChI=1S/C31H36F2N2O2/c1-4-6-10-20-36-23(3)11-8-7-9-12-24-21-34-31(35-22-24)26-15-13-25(14-16-26)27-17-18-28(37-19-5-2)30(33)29(27)32/h5,9,12-18,21-23H,2,4,6-8,10-11,19-20H2,1,3H3/b12-9+. The molecule has 0 spiro atoms. The van der Waals surface area contributed by atoms with E-state index in [1.165, 1.54) is 31.1 Å². The van der Waals surface area contributed by atoms with Crippen LogP contribution < -0.4 is 4.74 Å². The highest BCUT2D eigenvalue weighted by molar-refractivity contribution is 5.69. The number of allylic oxidation sites excluding steroid dienone is 1. The molecule has 1 unspecified atom stereocenters.